The van der Waals surface area contributed by atoms with Crippen molar-refractivity contribution >= 4 is 22.2 Å². The van der Waals surface area contributed by atoms with Gasteiger partial charge >= 0.3 is 12.1 Å². The number of esters is 1. The van der Waals surface area contributed by atoms with Crippen LogP contribution in [0.4, 0.5) is 0 Å². The zero-order valence-corrected chi connectivity index (χ0v) is 26.3. The lowest BCUT2D eigenvalue weighted by Gasteiger charge is -2.14. The van der Waals surface area contributed by atoms with Crippen molar-refractivity contribution in [3.63, 3.8) is 0 Å². The molecule has 0 aliphatic carbocycles. The van der Waals surface area contributed by atoms with Gasteiger partial charge in [0, 0.05) is 29.0 Å². The van der Waals surface area contributed by atoms with Gasteiger partial charge in [-0.3, -0.25) is 0 Å². The van der Waals surface area contributed by atoms with Gasteiger partial charge in [-0.25, -0.2) is 13.2 Å². The van der Waals surface area contributed by atoms with Gasteiger partial charge in [0.15, 0.2) is 0 Å². The van der Waals surface area contributed by atoms with E-state index < -0.39 is 21.8 Å². The smallest absolute Gasteiger partial charge is 0.373 e. The third-order valence-electron chi connectivity index (χ3n) is 6.07. The first-order valence-electron chi connectivity index (χ1n) is 14.4. The Bertz CT molecular complexity index is 1660. The summed E-state index contributed by atoms with van der Waals surface area (Å²) in [6.07, 6.45) is 3.05. The molecule has 0 aliphatic heterocycles. The number of ether oxygens (including phenoxy) is 3. The number of benzene rings is 3. The minimum Gasteiger partial charge on any atom is -0.748 e. The standard InChI is InChI=1S/C34H36O7S.CO2/c1-4-7-21-40-32-24-31(20-16-28-13-17-29(18-14-28)34(35)39-6-3)33(41-22-8-23-42(36,37)38)25-30(32)19-15-27-11-9-26(5-2)10-12-27;2-1-3/h9-14,17-18,24-25H,4-8,21-23H2,1-3H3,(H,36,37,38);/p-1. The van der Waals surface area contributed by atoms with Crippen LogP contribution >= 0.6 is 0 Å². The molecule has 0 aromatic heterocycles. The van der Waals surface area contributed by atoms with Crippen molar-refractivity contribution in [1.82, 2.24) is 0 Å². The number of hydrogen-bond donors (Lipinski definition) is 0. The summed E-state index contributed by atoms with van der Waals surface area (Å²) < 4.78 is 50.2. The molecule has 0 radical (unpaired) electrons. The van der Waals surface area contributed by atoms with Crippen LogP contribution in [0.5, 0.6) is 11.5 Å². The molecule has 0 saturated carbocycles. The van der Waals surface area contributed by atoms with Crippen molar-refractivity contribution in [3.8, 4) is 35.2 Å². The summed E-state index contributed by atoms with van der Waals surface area (Å²) in [5.41, 5.74) is 4.28. The van der Waals surface area contributed by atoms with E-state index in [0.717, 1.165) is 24.8 Å². The van der Waals surface area contributed by atoms with Gasteiger partial charge in [-0.15, -0.1) is 0 Å². The molecule has 0 amide bonds. The van der Waals surface area contributed by atoms with Crippen LogP contribution in [-0.2, 0) is 30.9 Å². The van der Waals surface area contributed by atoms with Crippen LogP contribution in [0.3, 0.4) is 0 Å². The number of hydrogen-bond acceptors (Lipinski definition) is 9. The lowest BCUT2D eigenvalue weighted by molar-refractivity contribution is -0.191. The van der Waals surface area contributed by atoms with Crippen molar-refractivity contribution in [3.05, 3.63) is 94.0 Å². The van der Waals surface area contributed by atoms with Gasteiger partial charge in [0.25, 0.3) is 0 Å². The van der Waals surface area contributed by atoms with Crippen molar-refractivity contribution in [2.45, 2.75) is 46.5 Å². The summed E-state index contributed by atoms with van der Waals surface area (Å²) in [7, 11) is -4.35. The molecule has 3 aromatic carbocycles. The number of aryl methyl sites for hydroxylation is 1. The Morgan fingerprint density at radius 2 is 1.24 bits per heavy atom. The van der Waals surface area contributed by atoms with Crippen molar-refractivity contribution in [1.29, 1.82) is 0 Å². The van der Waals surface area contributed by atoms with Gasteiger partial charge in [0.1, 0.15) is 11.5 Å². The van der Waals surface area contributed by atoms with Gasteiger partial charge in [0.2, 0.25) is 0 Å². The average molecular weight is 632 g/mol. The molecule has 0 bridgehead atoms. The molecule has 0 spiro atoms. The van der Waals surface area contributed by atoms with Gasteiger partial charge in [-0.1, -0.05) is 56.1 Å². The summed E-state index contributed by atoms with van der Waals surface area (Å²) in [5.74, 6) is 12.6. The third kappa shape index (κ3) is 13.5. The second-order valence-corrected chi connectivity index (χ2v) is 11.0. The molecule has 3 aromatic rings. The summed E-state index contributed by atoms with van der Waals surface area (Å²) in [6.45, 7) is 6.71. The van der Waals surface area contributed by atoms with Gasteiger partial charge in [-0.05, 0) is 68.1 Å². The third-order valence-corrected chi connectivity index (χ3v) is 6.86. The average Bonchev–Trinajstić information content (AvgIpc) is 3.02. The minimum atomic E-state index is -4.35. The summed E-state index contributed by atoms with van der Waals surface area (Å²) in [5, 5.41) is 0. The molecule has 45 heavy (non-hydrogen) atoms. The van der Waals surface area contributed by atoms with Gasteiger partial charge in [0.05, 0.1) is 46.6 Å². The molecular formula is C35H35O9S-. The van der Waals surface area contributed by atoms with E-state index in [1.54, 1.807) is 43.3 Å². The Balaban J connectivity index is 0.00000226. The Morgan fingerprint density at radius 1 is 0.756 bits per heavy atom. The predicted octanol–water partition coefficient (Wildman–Crippen LogP) is 5.13. The van der Waals surface area contributed by atoms with E-state index >= 15 is 0 Å². The highest BCUT2D eigenvalue weighted by Crippen LogP contribution is 2.29. The van der Waals surface area contributed by atoms with E-state index in [4.69, 9.17) is 23.8 Å². The van der Waals surface area contributed by atoms with Crippen molar-refractivity contribution < 1.29 is 41.6 Å². The van der Waals surface area contributed by atoms with E-state index in [1.807, 2.05) is 24.3 Å². The van der Waals surface area contributed by atoms with Crippen LogP contribution in [0.2, 0.25) is 0 Å². The molecule has 10 heteroatoms. The van der Waals surface area contributed by atoms with E-state index in [2.05, 4.69) is 37.5 Å². The Morgan fingerprint density at radius 3 is 1.69 bits per heavy atom. The van der Waals surface area contributed by atoms with E-state index in [1.165, 1.54) is 5.56 Å². The van der Waals surface area contributed by atoms with Crippen LogP contribution in [0, 0.1) is 23.7 Å². The highest BCUT2D eigenvalue weighted by Gasteiger charge is 2.12. The molecule has 0 heterocycles. The van der Waals surface area contributed by atoms with Gasteiger partial charge < -0.3 is 18.8 Å². The zero-order valence-electron chi connectivity index (χ0n) is 25.5. The molecule has 0 fully saturated rings. The normalized spacial score (nSPS) is 10.0. The largest absolute Gasteiger partial charge is 0.748 e. The van der Waals surface area contributed by atoms with E-state index in [-0.39, 0.29) is 25.8 Å². The fourth-order valence-corrected chi connectivity index (χ4v) is 4.22. The fourth-order valence-electron chi connectivity index (χ4n) is 3.75. The monoisotopic (exact) mass is 631 g/mol. The molecule has 9 nitrogen and oxygen atoms in total. The highest BCUT2D eigenvalue weighted by atomic mass is 32.2. The van der Waals surface area contributed by atoms with Crippen LogP contribution in [0.25, 0.3) is 0 Å². The lowest BCUT2D eigenvalue weighted by Crippen LogP contribution is -2.09. The van der Waals surface area contributed by atoms with Crippen molar-refractivity contribution in [2.75, 3.05) is 25.6 Å². The first kappa shape index (κ1) is 36.3. The highest BCUT2D eigenvalue weighted by molar-refractivity contribution is 7.85. The maximum absolute atomic E-state index is 12.0. The quantitative estimate of drug-likeness (QED) is 0.115. The lowest BCUT2D eigenvalue weighted by atomic mass is 10.1. The molecule has 0 saturated heterocycles. The summed E-state index contributed by atoms with van der Waals surface area (Å²) >= 11 is 0. The summed E-state index contributed by atoms with van der Waals surface area (Å²) in [4.78, 5) is 28.2. The first-order valence-corrected chi connectivity index (χ1v) is 16.0. The second-order valence-electron chi connectivity index (χ2n) is 9.44. The predicted molar refractivity (Wildman–Crippen MR) is 167 cm³/mol. The molecule has 0 unspecified atom stereocenters. The fraction of sp³-hybridized carbons (Fsp3) is 0.314. The molecule has 3 rings (SSSR count). The zero-order chi connectivity index (χ0) is 33.1. The van der Waals surface area contributed by atoms with Crippen LogP contribution in [0.1, 0.15) is 78.2 Å². The number of carbonyl (C=O) groups is 1. The molecule has 0 N–H and O–H groups in total. The Kier molecular flexibility index (Phi) is 15.7. The minimum absolute atomic E-state index is 0.00573. The Labute approximate surface area is 264 Å². The Hall–Kier alpha value is -4.86. The van der Waals surface area contributed by atoms with E-state index in [0.29, 0.717) is 40.4 Å². The van der Waals surface area contributed by atoms with Crippen LogP contribution in [0.15, 0.2) is 60.7 Å². The molecular weight excluding hydrogens is 596 g/mol. The maximum atomic E-state index is 12.0. The number of carbonyl (C=O) groups excluding carboxylic acids is 3. The maximum Gasteiger partial charge on any atom is 0.373 e. The SMILES string of the molecule is CCCCOc1cc(C#Cc2ccc(C(=O)OCC)cc2)c(OCCCS(=O)(=O)[O-])cc1C#Cc1ccc(CC)cc1.O=C=O. The van der Waals surface area contributed by atoms with Gasteiger partial charge in [-0.2, -0.15) is 9.59 Å². The molecule has 0 atom stereocenters. The van der Waals surface area contributed by atoms with Crippen molar-refractivity contribution in [2.24, 2.45) is 0 Å². The second kappa shape index (κ2) is 19.4. The van der Waals surface area contributed by atoms with E-state index in [9.17, 15) is 17.8 Å². The number of unbranched alkanes of at least 4 members (excludes halogenated alkanes) is 1. The van der Waals surface area contributed by atoms with Crippen LogP contribution in [-0.4, -0.2) is 50.7 Å². The van der Waals surface area contributed by atoms with Crippen LogP contribution < -0.4 is 9.47 Å². The summed E-state index contributed by atoms with van der Waals surface area (Å²) in [6, 6.07) is 18.3. The molecule has 0 aliphatic rings. The first-order chi connectivity index (χ1) is 21.6. The number of rotatable bonds is 12. The topological polar surface area (TPSA) is 136 Å². The molecule has 236 valence electrons.